The summed E-state index contributed by atoms with van der Waals surface area (Å²) in [6.07, 6.45) is 4.58. The van der Waals surface area contributed by atoms with E-state index in [-0.39, 0.29) is 4.90 Å². The number of fused-ring (bicyclic) bond motifs is 1. The Morgan fingerprint density at radius 1 is 1.15 bits per heavy atom. The highest BCUT2D eigenvalue weighted by Gasteiger charge is 2.14. The summed E-state index contributed by atoms with van der Waals surface area (Å²) in [7, 11) is -3.48. The number of hydrogen-bond acceptors (Lipinski definition) is 3. The number of aryl methyl sites for hydroxylation is 1. The van der Waals surface area contributed by atoms with Gasteiger partial charge in [-0.3, -0.25) is 0 Å². The topological polar surface area (TPSA) is 96.6 Å². The number of nitrogens with zero attached hydrogens (tertiary/aromatic N) is 1. The van der Waals surface area contributed by atoms with Crippen molar-refractivity contribution < 1.29 is 8.42 Å². The van der Waals surface area contributed by atoms with Gasteiger partial charge in [0.2, 0.25) is 10.0 Å². The van der Waals surface area contributed by atoms with Crippen LogP contribution in [0, 0.1) is 0 Å². The highest BCUT2D eigenvalue weighted by Crippen LogP contribution is 2.27. The third-order valence-electron chi connectivity index (χ3n) is 4.63. The van der Waals surface area contributed by atoms with Crippen LogP contribution in [0.5, 0.6) is 0 Å². The second-order valence-corrected chi connectivity index (χ2v) is 8.39. The van der Waals surface area contributed by atoms with Crippen LogP contribution >= 0.6 is 0 Å². The predicted octanol–water partition coefficient (Wildman–Crippen LogP) is 2.79. The second-order valence-electron chi connectivity index (χ2n) is 6.63. The molecule has 0 atom stereocenters. The number of guanidine groups is 1. The van der Waals surface area contributed by atoms with Crippen molar-refractivity contribution in [3.05, 3.63) is 59.2 Å². The summed E-state index contributed by atoms with van der Waals surface area (Å²) in [4.78, 5) is 4.61. The van der Waals surface area contributed by atoms with Crippen molar-refractivity contribution in [2.24, 2.45) is 10.7 Å². The Labute approximate surface area is 160 Å². The van der Waals surface area contributed by atoms with Crippen LogP contribution in [0.1, 0.15) is 36.5 Å². The van der Waals surface area contributed by atoms with Crippen LogP contribution in [0.15, 0.2) is 52.4 Å². The Morgan fingerprint density at radius 2 is 1.93 bits per heavy atom. The zero-order valence-electron chi connectivity index (χ0n) is 15.5. The molecule has 0 unspecified atom stereocenters. The molecule has 144 valence electrons. The van der Waals surface area contributed by atoms with Crippen LogP contribution in [0.25, 0.3) is 0 Å². The quantitative estimate of drug-likeness (QED) is 0.525. The molecule has 0 aliphatic heterocycles. The van der Waals surface area contributed by atoms with Gasteiger partial charge in [-0.25, -0.2) is 18.1 Å². The lowest BCUT2D eigenvalue weighted by atomic mass is 9.90. The highest BCUT2D eigenvalue weighted by atomic mass is 32.2. The molecule has 3 rings (SSSR count). The Balaban J connectivity index is 1.72. The van der Waals surface area contributed by atoms with E-state index in [1.165, 1.54) is 24.0 Å². The van der Waals surface area contributed by atoms with E-state index in [2.05, 4.69) is 21.1 Å². The first-order valence-electron chi connectivity index (χ1n) is 9.26. The lowest BCUT2D eigenvalue weighted by Crippen LogP contribution is -2.24. The summed E-state index contributed by atoms with van der Waals surface area (Å²) in [5, 5.41) is 3.20. The lowest BCUT2D eigenvalue weighted by molar-refractivity contribution is 0.584. The smallest absolute Gasteiger partial charge is 0.240 e. The van der Waals surface area contributed by atoms with Crippen LogP contribution in [-0.2, 0) is 29.4 Å². The summed E-state index contributed by atoms with van der Waals surface area (Å²) >= 11 is 0. The molecule has 2 aromatic carbocycles. The molecular weight excluding hydrogens is 360 g/mol. The van der Waals surface area contributed by atoms with Gasteiger partial charge in [0, 0.05) is 12.2 Å². The van der Waals surface area contributed by atoms with Crippen molar-refractivity contribution in [1.29, 1.82) is 0 Å². The highest BCUT2D eigenvalue weighted by molar-refractivity contribution is 7.89. The monoisotopic (exact) mass is 386 g/mol. The maximum Gasteiger partial charge on any atom is 0.240 e. The molecule has 0 saturated heterocycles. The molecule has 4 N–H and O–H groups in total. The van der Waals surface area contributed by atoms with Crippen LogP contribution in [0.2, 0.25) is 0 Å². The average molecular weight is 387 g/mol. The van der Waals surface area contributed by atoms with E-state index in [9.17, 15) is 8.42 Å². The number of nitrogens with one attached hydrogen (secondary N) is 2. The van der Waals surface area contributed by atoms with Crippen LogP contribution < -0.4 is 15.8 Å². The van der Waals surface area contributed by atoms with E-state index in [1.807, 2.05) is 18.2 Å². The molecule has 7 heteroatoms. The standard InChI is InChI=1S/C20H26N4O2S/c1-2-23-27(25,26)17-10-5-7-15(13-17)14-22-20(21)24-19-12-6-9-16-8-3-4-11-18(16)19/h5-7,9-10,12-13,23H,2-4,8,11,14H2,1H3,(H3,21,22,24). The van der Waals surface area contributed by atoms with Crippen molar-refractivity contribution in [2.45, 2.75) is 44.0 Å². The van der Waals surface area contributed by atoms with Gasteiger partial charge in [0.15, 0.2) is 5.96 Å². The fourth-order valence-corrected chi connectivity index (χ4v) is 4.45. The number of hydrogen-bond donors (Lipinski definition) is 3. The normalized spacial score (nSPS) is 14.6. The van der Waals surface area contributed by atoms with Gasteiger partial charge in [-0.15, -0.1) is 0 Å². The summed E-state index contributed by atoms with van der Waals surface area (Å²) in [5.41, 5.74) is 10.6. The Bertz CT molecular complexity index is 939. The van der Waals surface area contributed by atoms with Gasteiger partial charge in [-0.1, -0.05) is 31.2 Å². The van der Waals surface area contributed by atoms with Crippen molar-refractivity contribution in [2.75, 3.05) is 11.9 Å². The van der Waals surface area contributed by atoms with Gasteiger partial charge in [-0.05, 0) is 60.6 Å². The number of aliphatic imine (C=N–C) groups is 1. The van der Waals surface area contributed by atoms with Gasteiger partial charge >= 0.3 is 0 Å². The van der Waals surface area contributed by atoms with Crippen LogP contribution in [0.4, 0.5) is 5.69 Å². The molecule has 0 aromatic heterocycles. The molecule has 2 aromatic rings. The van der Waals surface area contributed by atoms with E-state index < -0.39 is 10.0 Å². The molecule has 1 aliphatic rings. The lowest BCUT2D eigenvalue weighted by Gasteiger charge is -2.19. The molecule has 0 heterocycles. The fraction of sp³-hybridized carbons (Fsp3) is 0.350. The summed E-state index contributed by atoms with van der Waals surface area (Å²) < 4.78 is 26.7. The molecule has 0 bridgehead atoms. The van der Waals surface area contributed by atoms with Crippen LogP contribution in [-0.4, -0.2) is 20.9 Å². The minimum Gasteiger partial charge on any atom is -0.370 e. The van der Waals surface area contributed by atoms with Gasteiger partial charge < -0.3 is 11.1 Å². The summed E-state index contributed by atoms with van der Waals surface area (Å²) in [6.45, 7) is 2.41. The van der Waals surface area contributed by atoms with E-state index >= 15 is 0 Å². The maximum atomic E-state index is 12.1. The van der Waals surface area contributed by atoms with E-state index in [0.29, 0.717) is 19.0 Å². The van der Waals surface area contributed by atoms with E-state index in [0.717, 1.165) is 24.1 Å². The molecular formula is C20H26N4O2S. The molecule has 27 heavy (non-hydrogen) atoms. The van der Waals surface area contributed by atoms with E-state index in [1.54, 1.807) is 25.1 Å². The average Bonchev–Trinajstić information content (AvgIpc) is 2.67. The summed E-state index contributed by atoms with van der Waals surface area (Å²) in [5.74, 6) is 0.328. The summed E-state index contributed by atoms with van der Waals surface area (Å²) in [6, 6.07) is 13.0. The van der Waals surface area contributed by atoms with Crippen LogP contribution in [0.3, 0.4) is 0 Å². The molecule has 1 aliphatic carbocycles. The Morgan fingerprint density at radius 3 is 2.74 bits per heavy atom. The van der Waals surface area contributed by atoms with Crippen molar-refractivity contribution in [3.63, 3.8) is 0 Å². The third kappa shape index (κ3) is 4.87. The largest absolute Gasteiger partial charge is 0.370 e. The SMILES string of the molecule is CCNS(=O)(=O)c1cccc(CN=C(N)Nc2cccc3c2CCCC3)c1. The van der Waals surface area contributed by atoms with Crippen molar-refractivity contribution >= 4 is 21.7 Å². The predicted molar refractivity (Wildman–Crippen MR) is 109 cm³/mol. The molecule has 0 spiro atoms. The number of anilines is 1. The zero-order valence-corrected chi connectivity index (χ0v) is 16.3. The molecule has 0 radical (unpaired) electrons. The Kier molecular flexibility index (Phi) is 6.13. The van der Waals surface area contributed by atoms with Gasteiger partial charge in [0.1, 0.15) is 0 Å². The minimum absolute atomic E-state index is 0.237. The number of nitrogens with two attached hydrogens (primary N) is 1. The molecule has 0 saturated carbocycles. The minimum atomic E-state index is -3.48. The first kappa shape index (κ1) is 19.4. The first-order valence-corrected chi connectivity index (χ1v) is 10.7. The first-order chi connectivity index (χ1) is 13.0. The molecule has 0 amide bonds. The number of rotatable bonds is 6. The fourth-order valence-electron chi connectivity index (χ4n) is 3.34. The number of benzene rings is 2. The van der Waals surface area contributed by atoms with E-state index in [4.69, 9.17) is 5.73 Å². The third-order valence-corrected chi connectivity index (χ3v) is 6.18. The van der Waals surface area contributed by atoms with Crippen molar-refractivity contribution in [3.8, 4) is 0 Å². The van der Waals surface area contributed by atoms with Crippen molar-refractivity contribution in [1.82, 2.24) is 4.72 Å². The van der Waals surface area contributed by atoms with Gasteiger partial charge in [-0.2, -0.15) is 0 Å². The maximum absolute atomic E-state index is 12.1. The number of sulfonamides is 1. The second kappa shape index (κ2) is 8.54. The molecule has 6 nitrogen and oxygen atoms in total. The van der Waals surface area contributed by atoms with Gasteiger partial charge in [0.05, 0.1) is 11.4 Å². The van der Waals surface area contributed by atoms with Gasteiger partial charge in [0.25, 0.3) is 0 Å². The Hall–Kier alpha value is -2.38. The molecule has 0 fully saturated rings. The zero-order chi connectivity index (χ0) is 19.3.